The van der Waals surface area contributed by atoms with Gasteiger partial charge in [0.05, 0.1) is 12.0 Å². The van der Waals surface area contributed by atoms with Crippen LogP contribution in [-0.2, 0) is 14.3 Å². The van der Waals surface area contributed by atoms with Gasteiger partial charge in [-0.25, -0.2) is 0 Å². The number of aliphatic carboxylic acids is 1. The van der Waals surface area contributed by atoms with Gasteiger partial charge in [-0.15, -0.1) is 0 Å². The Kier molecular flexibility index (Phi) is 20.5. The number of unbranched alkanes of at least 4 members (excludes halogenated alkanes) is 11. The van der Waals surface area contributed by atoms with Gasteiger partial charge >= 0.3 is 11.9 Å². The van der Waals surface area contributed by atoms with Gasteiger partial charge in [-0.3, -0.25) is 9.59 Å². The van der Waals surface area contributed by atoms with E-state index in [2.05, 4.69) is 13.8 Å². The number of carboxylic acids is 1. The van der Waals surface area contributed by atoms with Crippen molar-refractivity contribution in [1.82, 2.24) is 0 Å². The fourth-order valence-electron chi connectivity index (χ4n) is 4.47. The molecule has 0 fully saturated rings. The molecule has 0 saturated heterocycles. The highest BCUT2D eigenvalue weighted by molar-refractivity contribution is 5.75. The van der Waals surface area contributed by atoms with E-state index >= 15 is 0 Å². The van der Waals surface area contributed by atoms with Gasteiger partial charge in [0, 0.05) is 6.42 Å². The Hall–Kier alpha value is -1.14. The molecule has 0 amide bonds. The Balaban J connectivity index is 4.77. The average Bonchev–Trinajstić information content (AvgIpc) is 2.76. The van der Waals surface area contributed by atoms with Gasteiger partial charge < -0.3 is 20.7 Å². The highest BCUT2D eigenvalue weighted by Crippen LogP contribution is 2.23. The summed E-state index contributed by atoms with van der Waals surface area (Å²) in [5, 5.41) is 20.4. The molecule has 6 nitrogen and oxygen atoms in total. The molecule has 0 rings (SSSR count). The van der Waals surface area contributed by atoms with Crippen LogP contribution in [0, 0.1) is 11.8 Å². The van der Waals surface area contributed by atoms with Crippen molar-refractivity contribution >= 4 is 11.9 Å². The molecule has 0 aliphatic rings. The molecule has 6 heteroatoms. The first-order valence-corrected chi connectivity index (χ1v) is 14.1. The molecule has 4 atom stereocenters. The Morgan fingerprint density at radius 2 is 1.24 bits per heavy atom. The van der Waals surface area contributed by atoms with Crippen molar-refractivity contribution in [3.63, 3.8) is 0 Å². The number of rotatable bonds is 23. The van der Waals surface area contributed by atoms with Crippen molar-refractivity contribution in [2.75, 3.05) is 0 Å². The molecule has 0 aromatic rings. The van der Waals surface area contributed by atoms with E-state index in [1.165, 1.54) is 38.5 Å². The zero-order chi connectivity index (χ0) is 25.8. The first kappa shape index (κ1) is 32.9. The minimum atomic E-state index is -1.03. The van der Waals surface area contributed by atoms with E-state index in [0.717, 1.165) is 44.9 Å². The third-order valence-electron chi connectivity index (χ3n) is 6.60. The van der Waals surface area contributed by atoms with Gasteiger partial charge in [-0.1, -0.05) is 105 Å². The van der Waals surface area contributed by atoms with E-state index in [1.54, 1.807) is 0 Å². The van der Waals surface area contributed by atoms with Crippen LogP contribution in [0.2, 0.25) is 0 Å². The summed E-state index contributed by atoms with van der Waals surface area (Å²) in [4.78, 5) is 24.3. The lowest BCUT2D eigenvalue weighted by atomic mass is 9.90. The fraction of sp³-hybridized carbons (Fsp3) is 0.929. The van der Waals surface area contributed by atoms with Crippen molar-refractivity contribution in [2.45, 2.75) is 155 Å². The fourth-order valence-corrected chi connectivity index (χ4v) is 4.47. The summed E-state index contributed by atoms with van der Waals surface area (Å²) >= 11 is 0. The third-order valence-corrected chi connectivity index (χ3v) is 6.60. The van der Waals surface area contributed by atoms with Crippen molar-refractivity contribution in [1.29, 1.82) is 0 Å². The molecule has 202 valence electrons. The number of nitrogens with two attached hydrogens (primary N) is 1. The second-order valence-electron chi connectivity index (χ2n) is 10.5. The molecule has 4 N–H and O–H groups in total. The number of carbonyl (C=O) groups excluding carboxylic acids is 1. The predicted molar refractivity (Wildman–Crippen MR) is 140 cm³/mol. The number of hydrogen-bond donors (Lipinski definition) is 3. The Labute approximate surface area is 209 Å². The lowest BCUT2D eigenvalue weighted by Crippen LogP contribution is -2.38. The molecule has 0 bridgehead atoms. The maximum atomic E-state index is 12.5. The zero-order valence-corrected chi connectivity index (χ0v) is 22.6. The largest absolute Gasteiger partial charge is 0.481 e. The van der Waals surface area contributed by atoms with Crippen LogP contribution in [0.1, 0.15) is 137 Å². The number of esters is 1. The summed E-state index contributed by atoms with van der Waals surface area (Å²) in [7, 11) is 0. The highest BCUT2D eigenvalue weighted by atomic mass is 16.5. The second-order valence-corrected chi connectivity index (χ2v) is 10.5. The lowest BCUT2D eigenvalue weighted by Gasteiger charge is -2.26. The summed E-state index contributed by atoms with van der Waals surface area (Å²) in [5.41, 5.74) is 6.01. The maximum absolute atomic E-state index is 12.5. The summed E-state index contributed by atoms with van der Waals surface area (Å²) in [6, 6.07) is -0.688. The number of aliphatic hydroxyl groups excluding tert-OH is 1. The summed E-state index contributed by atoms with van der Waals surface area (Å²) < 4.78 is 5.71. The SMILES string of the molecule is CCCCCCCCCCCC(CC(O)C(CCCCCC)C(=O)O)OC(=O)[C@H](N)CC(C)C. The van der Waals surface area contributed by atoms with Crippen LogP contribution < -0.4 is 5.73 Å². The minimum absolute atomic E-state index is 0.155. The number of aliphatic hydroxyl groups is 1. The van der Waals surface area contributed by atoms with Gasteiger partial charge in [-0.2, -0.15) is 0 Å². The molecule has 0 aromatic heterocycles. The summed E-state index contributed by atoms with van der Waals surface area (Å²) in [6.07, 6.45) is 14.9. The van der Waals surface area contributed by atoms with Gasteiger partial charge in [0.2, 0.25) is 0 Å². The number of ether oxygens (including phenoxy) is 1. The summed E-state index contributed by atoms with van der Waals surface area (Å²) in [6.45, 7) is 8.35. The lowest BCUT2D eigenvalue weighted by molar-refractivity contribution is -0.154. The first-order chi connectivity index (χ1) is 16.2. The van der Waals surface area contributed by atoms with E-state index in [1.807, 2.05) is 13.8 Å². The molecule has 0 aromatic carbocycles. The van der Waals surface area contributed by atoms with Gasteiger partial charge in [-0.05, 0) is 31.6 Å². The Bertz CT molecular complexity index is 511. The molecule has 0 aliphatic heterocycles. The number of carbonyl (C=O) groups is 2. The van der Waals surface area contributed by atoms with E-state index < -0.39 is 36.1 Å². The third kappa shape index (κ3) is 17.3. The maximum Gasteiger partial charge on any atom is 0.323 e. The van der Waals surface area contributed by atoms with Crippen LogP contribution in [0.15, 0.2) is 0 Å². The topological polar surface area (TPSA) is 110 Å². The van der Waals surface area contributed by atoms with E-state index in [9.17, 15) is 19.8 Å². The molecule has 34 heavy (non-hydrogen) atoms. The van der Waals surface area contributed by atoms with Crippen molar-refractivity contribution in [3.8, 4) is 0 Å². The minimum Gasteiger partial charge on any atom is -0.481 e. The molecule has 0 heterocycles. The van der Waals surface area contributed by atoms with Crippen LogP contribution in [-0.4, -0.2) is 40.4 Å². The van der Waals surface area contributed by atoms with Gasteiger partial charge in [0.25, 0.3) is 0 Å². The average molecular weight is 486 g/mol. The Morgan fingerprint density at radius 1 is 0.765 bits per heavy atom. The van der Waals surface area contributed by atoms with E-state index in [4.69, 9.17) is 10.5 Å². The van der Waals surface area contributed by atoms with Crippen LogP contribution in [0.4, 0.5) is 0 Å². The first-order valence-electron chi connectivity index (χ1n) is 14.1. The van der Waals surface area contributed by atoms with Crippen molar-refractivity contribution in [2.24, 2.45) is 17.6 Å². The van der Waals surface area contributed by atoms with Crippen molar-refractivity contribution < 1.29 is 24.5 Å². The molecular formula is C28H55NO5. The molecular weight excluding hydrogens is 430 g/mol. The molecule has 0 aliphatic carbocycles. The van der Waals surface area contributed by atoms with Crippen LogP contribution >= 0.6 is 0 Å². The smallest absolute Gasteiger partial charge is 0.323 e. The number of carboxylic acid groups (broad SMARTS) is 1. The van der Waals surface area contributed by atoms with E-state index in [-0.39, 0.29) is 12.3 Å². The molecule has 0 saturated carbocycles. The van der Waals surface area contributed by atoms with Crippen LogP contribution in [0.25, 0.3) is 0 Å². The molecule has 0 spiro atoms. The highest BCUT2D eigenvalue weighted by Gasteiger charge is 2.30. The Morgan fingerprint density at radius 3 is 1.74 bits per heavy atom. The monoisotopic (exact) mass is 485 g/mol. The molecule has 3 unspecified atom stereocenters. The standard InChI is InChI=1S/C28H55NO5/c1-5-7-9-11-12-13-14-15-16-18-23(34-28(33)25(29)20-22(3)4)21-26(30)24(27(31)32)19-17-10-8-6-2/h22-26,30H,5-21,29H2,1-4H3,(H,31,32)/t23?,24?,25-,26?/m1/s1. The summed E-state index contributed by atoms with van der Waals surface area (Å²) in [5.74, 6) is -1.97. The molecule has 0 radical (unpaired) electrons. The van der Waals surface area contributed by atoms with Crippen molar-refractivity contribution in [3.05, 3.63) is 0 Å². The normalized spacial score (nSPS) is 15.1. The van der Waals surface area contributed by atoms with E-state index in [0.29, 0.717) is 19.3 Å². The quantitative estimate of drug-likeness (QED) is 0.111. The predicted octanol–water partition coefficient (Wildman–Crippen LogP) is 6.61. The van der Waals surface area contributed by atoms with Crippen LogP contribution in [0.3, 0.4) is 0 Å². The van der Waals surface area contributed by atoms with Gasteiger partial charge in [0.1, 0.15) is 12.1 Å². The second kappa shape index (κ2) is 21.2. The zero-order valence-electron chi connectivity index (χ0n) is 22.6. The number of hydrogen-bond acceptors (Lipinski definition) is 5. The van der Waals surface area contributed by atoms with Gasteiger partial charge in [0.15, 0.2) is 0 Å². The van der Waals surface area contributed by atoms with Crippen LogP contribution in [0.5, 0.6) is 0 Å².